The molecular weight excluding hydrogens is 764 g/mol. The van der Waals surface area contributed by atoms with Gasteiger partial charge in [0.15, 0.2) is 30.7 Å². The van der Waals surface area contributed by atoms with E-state index in [0.29, 0.717) is 11.5 Å². The normalized spacial score (nSPS) is 31.7. The number of carbonyl (C=O) groups is 5. The monoisotopic (exact) mass is 812 g/mol. The van der Waals surface area contributed by atoms with Crippen molar-refractivity contribution in [2.75, 3.05) is 19.8 Å². The maximum absolute atomic E-state index is 15.9. The summed E-state index contributed by atoms with van der Waals surface area (Å²) < 4.78 is 42.2. The van der Waals surface area contributed by atoms with Crippen LogP contribution in [0.15, 0.2) is 102 Å². The van der Waals surface area contributed by atoms with Gasteiger partial charge in [-0.2, -0.15) is 0 Å². The van der Waals surface area contributed by atoms with Crippen molar-refractivity contribution in [2.24, 2.45) is 16.7 Å². The molecule has 2 bridgehead atoms. The Kier molecular flexibility index (Phi) is 11.2. The van der Waals surface area contributed by atoms with Gasteiger partial charge >= 0.3 is 23.9 Å². The molecule has 14 nitrogen and oxygen atoms in total. The van der Waals surface area contributed by atoms with Crippen molar-refractivity contribution in [2.45, 2.75) is 89.2 Å². The Hall–Kier alpha value is -5.57. The van der Waals surface area contributed by atoms with E-state index in [2.05, 4.69) is 0 Å². The smallest absolute Gasteiger partial charge is 0.345 e. The standard InChI is InChI=1S/C45H48O14/c1-26-31(47)22-45(52)40(58-41(51)28-15-9-6-10-16-28)38-43(5,39(50)37(36(26)42(45,3)4)57-35(49)24-54-30-19-13-8-14-20-30)32(21-33-44(38,25-55-33)59-27(2)46)56-34(48)23-53-29-17-11-7-12-18-29/h6-20,31-33,37-38,40,47,52H,21-25H2,1-5H3/t31?,32-,33+,37+,38-,40-,43+,44-,45+/m0/s1. The first kappa shape index (κ1) is 41.6. The molecule has 7 rings (SSSR count). The zero-order valence-electron chi connectivity index (χ0n) is 33.5. The third kappa shape index (κ3) is 7.27. The van der Waals surface area contributed by atoms with Gasteiger partial charge in [-0.3, -0.25) is 9.59 Å². The molecule has 3 aromatic carbocycles. The summed E-state index contributed by atoms with van der Waals surface area (Å²) in [5.74, 6) is -5.10. The second kappa shape index (κ2) is 15.9. The van der Waals surface area contributed by atoms with Crippen LogP contribution in [0, 0.1) is 16.7 Å². The van der Waals surface area contributed by atoms with Crippen LogP contribution in [0.1, 0.15) is 57.8 Å². The van der Waals surface area contributed by atoms with Gasteiger partial charge in [-0.15, -0.1) is 0 Å². The molecule has 59 heavy (non-hydrogen) atoms. The molecule has 9 atom stereocenters. The number of Topliss-reactive ketones (excluding diaryl/α,β-unsaturated/α-hetero) is 1. The second-order valence-corrected chi connectivity index (χ2v) is 16.3. The Morgan fingerprint density at radius 2 is 1.34 bits per heavy atom. The van der Waals surface area contributed by atoms with Crippen molar-refractivity contribution in [1.29, 1.82) is 0 Å². The van der Waals surface area contributed by atoms with Crippen molar-refractivity contribution in [3.05, 3.63) is 108 Å². The van der Waals surface area contributed by atoms with E-state index in [1.54, 1.807) is 99.6 Å². The SMILES string of the molecule is CC(=O)O[C@@]12CO[C@@H]1C[C@H](OC(=O)COc1ccccc1)[C@@]1(C)C(=O)[C@H](OC(=O)COc3ccccc3)C3=C(C)C(O)C[C@@](O)([C@@H](OC(=O)c4ccccc4)[C@H]21)C3(C)C. The van der Waals surface area contributed by atoms with E-state index in [0.717, 1.165) is 0 Å². The van der Waals surface area contributed by atoms with Gasteiger partial charge in [0.2, 0.25) is 0 Å². The van der Waals surface area contributed by atoms with Crippen LogP contribution in [0.2, 0.25) is 0 Å². The minimum absolute atomic E-state index is 0.0586. The highest BCUT2D eigenvalue weighted by molar-refractivity contribution is 5.96. The van der Waals surface area contributed by atoms with Gasteiger partial charge in [0.05, 0.1) is 29.6 Å². The van der Waals surface area contributed by atoms with Gasteiger partial charge < -0.3 is 43.4 Å². The van der Waals surface area contributed by atoms with Crippen LogP contribution in [0.5, 0.6) is 11.5 Å². The third-order valence-corrected chi connectivity index (χ3v) is 12.6. The van der Waals surface area contributed by atoms with Crippen LogP contribution in [0.3, 0.4) is 0 Å². The molecule has 0 radical (unpaired) electrons. The molecule has 2 N–H and O–H groups in total. The molecule has 4 aliphatic rings. The predicted octanol–water partition coefficient (Wildman–Crippen LogP) is 4.34. The minimum Gasteiger partial charge on any atom is -0.482 e. The fourth-order valence-electron chi connectivity index (χ4n) is 9.57. The van der Waals surface area contributed by atoms with Crippen molar-refractivity contribution in [3.63, 3.8) is 0 Å². The highest BCUT2D eigenvalue weighted by Crippen LogP contribution is 2.64. The first-order chi connectivity index (χ1) is 28.0. The Morgan fingerprint density at radius 3 is 1.86 bits per heavy atom. The van der Waals surface area contributed by atoms with Gasteiger partial charge in [-0.05, 0) is 61.4 Å². The van der Waals surface area contributed by atoms with Crippen LogP contribution in [-0.2, 0) is 42.9 Å². The fraction of sp³-hybridized carbons (Fsp3) is 0.444. The lowest BCUT2D eigenvalue weighted by Gasteiger charge is -2.67. The number of aliphatic hydroxyl groups excluding tert-OH is 1. The van der Waals surface area contributed by atoms with Crippen LogP contribution < -0.4 is 9.47 Å². The number of benzene rings is 3. The first-order valence-electron chi connectivity index (χ1n) is 19.5. The fourth-order valence-corrected chi connectivity index (χ4v) is 9.57. The molecule has 312 valence electrons. The lowest BCUT2D eigenvalue weighted by molar-refractivity contribution is -0.346. The zero-order chi connectivity index (χ0) is 42.3. The number of esters is 4. The van der Waals surface area contributed by atoms with E-state index in [-0.39, 0.29) is 29.7 Å². The van der Waals surface area contributed by atoms with Gasteiger partial charge in [0.25, 0.3) is 0 Å². The van der Waals surface area contributed by atoms with Crippen LogP contribution in [0.25, 0.3) is 0 Å². The van der Waals surface area contributed by atoms with E-state index in [1.165, 1.54) is 26.0 Å². The molecule has 3 fully saturated rings. The molecule has 0 amide bonds. The molecule has 1 heterocycles. The summed E-state index contributed by atoms with van der Waals surface area (Å²) in [5, 5.41) is 25.2. The number of fused-ring (bicyclic) bond motifs is 5. The summed E-state index contributed by atoms with van der Waals surface area (Å²) in [6, 6.07) is 25.0. The van der Waals surface area contributed by atoms with Gasteiger partial charge in [0, 0.05) is 25.2 Å². The van der Waals surface area contributed by atoms with Crippen LogP contribution in [-0.4, -0.2) is 101 Å². The number of rotatable bonds is 11. The number of ketones is 1. The van der Waals surface area contributed by atoms with Crippen molar-refractivity contribution >= 4 is 29.7 Å². The summed E-state index contributed by atoms with van der Waals surface area (Å²) in [5.41, 5.74) is -7.27. The van der Waals surface area contributed by atoms with Gasteiger partial charge in [0.1, 0.15) is 35.4 Å². The molecular formula is C45H48O14. The second-order valence-electron chi connectivity index (χ2n) is 16.3. The number of aliphatic hydroxyl groups is 2. The van der Waals surface area contributed by atoms with E-state index in [4.69, 9.17) is 33.2 Å². The Morgan fingerprint density at radius 1 is 0.797 bits per heavy atom. The number of ether oxygens (including phenoxy) is 7. The molecule has 1 saturated heterocycles. The number of carbonyl (C=O) groups excluding carboxylic acids is 5. The maximum atomic E-state index is 15.9. The molecule has 3 aliphatic carbocycles. The lowest BCUT2D eigenvalue weighted by atomic mass is 9.44. The maximum Gasteiger partial charge on any atom is 0.345 e. The summed E-state index contributed by atoms with van der Waals surface area (Å²) in [4.78, 5) is 70.8. The van der Waals surface area contributed by atoms with Gasteiger partial charge in [-0.25, -0.2) is 14.4 Å². The molecule has 1 aliphatic heterocycles. The van der Waals surface area contributed by atoms with E-state index in [1.807, 2.05) is 0 Å². The summed E-state index contributed by atoms with van der Waals surface area (Å²) in [7, 11) is 0. The first-order valence-corrected chi connectivity index (χ1v) is 19.5. The molecule has 0 aromatic heterocycles. The Labute approximate surface area is 341 Å². The Balaban J connectivity index is 1.40. The average Bonchev–Trinajstić information content (AvgIpc) is 3.21. The minimum atomic E-state index is -2.26. The van der Waals surface area contributed by atoms with E-state index < -0.39 is 108 Å². The number of para-hydroxylation sites is 2. The summed E-state index contributed by atoms with van der Waals surface area (Å²) in [6.45, 7) is 5.94. The summed E-state index contributed by atoms with van der Waals surface area (Å²) >= 11 is 0. The third-order valence-electron chi connectivity index (χ3n) is 12.6. The highest BCUT2D eigenvalue weighted by atomic mass is 16.6. The lowest BCUT2D eigenvalue weighted by Crippen LogP contribution is -2.82. The molecule has 1 unspecified atom stereocenters. The predicted molar refractivity (Wildman–Crippen MR) is 207 cm³/mol. The molecule has 0 spiro atoms. The van der Waals surface area contributed by atoms with E-state index in [9.17, 15) is 29.4 Å². The number of hydrogen-bond acceptors (Lipinski definition) is 14. The molecule has 3 aromatic rings. The van der Waals surface area contributed by atoms with Crippen LogP contribution in [0.4, 0.5) is 0 Å². The van der Waals surface area contributed by atoms with Crippen molar-refractivity contribution in [3.8, 4) is 11.5 Å². The largest absolute Gasteiger partial charge is 0.482 e. The zero-order valence-corrected chi connectivity index (χ0v) is 33.5. The Bertz CT molecular complexity index is 2120. The number of hydrogen-bond donors (Lipinski definition) is 2. The van der Waals surface area contributed by atoms with Crippen molar-refractivity contribution in [1.82, 2.24) is 0 Å². The van der Waals surface area contributed by atoms with Gasteiger partial charge in [-0.1, -0.05) is 68.4 Å². The van der Waals surface area contributed by atoms with Crippen LogP contribution >= 0.6 is 0 Å². The quantitative estimate of drug-likeness (QED) is 0.158. The van der Waals surface area contributed by atoms with E-state index >= 15 is 4.79 Å². The highest BCUT2D eigenvalue weighted by Gasteiger charge is 2.79. The summed E-state index contributed by atoms with van der Waals surface area (Å²) in [6.07, 6.45) is -8.05. The molecule has 2 saturated carbocycles. The van der Waals surface area contributed by atoms with Crippen molar-refractivity contribution < 1.29 is 67.3 Å². The average molecular weight is 813 g/mol. The molecule has 14 heteroatoms. The topological polar surface area (TPSA) is 190 Å².